The lowest BCUT2D eigenvalue weighted by Crippen LogP contribution is -2.64. The molecule has 4 rings (SSSR count). The van der Waals surface area contributed by atoms with E-state index in [0.29, 0.717) is 19.5 Å². The van der Waals surface area contributed by atoms with Gasteiger partial charge in [-0.05, 0) is 43.9 Å². The van der Waals surface area contributed by atoms with Crippen LogP contribution in [0.3, 0.4) is 0 Å². The Balaban J connectivity index is 1.53. The fraction of sp³-hybridized carbons (Fsp3) is 0.583. The van der Waals surface area contributed by atoms with Crippen LogP contribution in [0.15, 0.2) is 24.3 Å². The van der Waals surface area contributed by atoms with Crippen molar-refractivity contribution in [3.05, 3.63) is 35.6 Å². The molecular weight excluding hydrogens is 427 g/mol. The van der Waals surface area contributed by atoms with Gasteiger partial charge in [0.15, 0.2) is 0 Å². The summed E-state index contributed by atoms with van der Waals surface area (Å²) in [4.78, 5) is 54.8. The Morgan fingerprint density at radius 2 is 1.82 bits per heavy atom. The number of carbonyl (C=O) groups excluding carboxylic acids is 4. The first-order valence-electron chi connectivity index (χ1n) is 11.9. The second-order valence-corrected chi connectivity index (χ2v) is 9.14. The largest absolute Gasteiger partial charge is 0.354 e. The van der Waals surface area contributed by atoms with Gasteiger partial charge in [-0.1, -0.05) is 25.3 Å². The molecule has 9 heteroatoms. The minimum Gasteiger partial charge on any atom is -0.354 e. The summed E-state index contributed by atoms with van der Waals surface area (Å²) in [5.74, 6) is -1.73. The van der Waals surface area contributed by atoms with Gasteiger partial charge in [0.25, 0.3) is 5.91 Å². The Kier molecular flexibility index (Phi) is 7.25. The number of carbonyl (C=O) groups is 4. The van der Waals surface area contributed by atoms with Crippen LogP contribution in [0.25, 0.3) is 0 Å². The molecule has 3 fully saturated rings. The smallest absolute Gasteiger partial charge is 0.254 e. The standard InChI is InChI=1S/C24H31FN4O4/c25-18-9-4-8-17(14-18)24(33)29-13-12-28(23(32)16-6-2-1-3-7-16)15-20(29)22(31)27-19-10-5-11-26-21(19)30/h4,8-9,14,16,19-20H,1-3,5-7,10-13,15H2,(H,26,30)(H,27,31)/t19-,20+/m1/s1. The molecule has 0 aromatic heterocycles. The maximum atomic E-state index is 13.7. The zero-order valence-corrected chi connectivity index (χ0v) is 18.7. The number of rotatable bonds is 4. The van der Waals surface area contributed by atoms with Crippen LogP contribution in [0.5, 0.6) is 0 Å². The molecule has 2 atom stereocenters. The number of hydrogen-bond acceptors (Lipinski definition) is 4. The topological polar surface area (TPSA) is 98.8 Å². The molecule has 1 saturated carbocycles. The van der Waals surface area contributed by atoms with Crippen molar-refractivity contribution >= 4 is 23.6 Å². The van der Waals surface area contributed by atoms with E-state index in [-0.39, 0.29) is 36.4 Å². The van der Waals surface area contributed by atoms with Crippen LogP contribution >= 0.6 is 0 Å². The maximum Gasteiger partial charge on any atom is 0.254 e. The third-order valence-corrected chi connectivity index (χ3v) is 6.88. The van der Waals surface area contributed by atoms with E-state index in [9.17, 15) is 23.6 Å². The lowest BCUT2D eigenvalue weighted by atomic mass is 9.88. The van der Waals surface area contributed by atoms with E-state index < -0.39 is 29.7 Å². The molecule has 2 N–H and O–H groups in total. The van der Waals surface area contributed by atoms with Crippen molar-refractivity contribution in [2.24, 2.45) is 5.92 Å². The van der Waals surface area contributed by atoms with Crippen molar-refractivity contribution in [3.8, 4) is 0 Å². The number of piperidine rings is 1. The van der Waals surface area contributed by atoms with Crippen LogP contribution in [0.2, 0.25) is 0 Å². The lowest BCUT2D eigenvalue weighted by Gasteiger charge is -2.42. The zero-order valence-electron chi connectivity index (χ0n) is 18.7. The first-order chi connectivity index (χ1) is 15.9. The fourth-order valence-corrected chi connectivity index (χ4v) is 5.02. The zero-order chi connectivity index (χ0) is 23.4. The Bertz CT molecular complexity index is 917. The van der Waals surface area contributed by atoms with Gasteiger partial charge < -0.3 is 20.4 Å². The van der Waals surface area contributed by atoms with Gasteiger partial charge >= 0.3 is 0 Å². The van der Waals surface area contributed by atoms with Gasteiger partial charge in [-0.2, -0.15) is 0 Å². The number of nitrogens with zero attached hydrogens (tertiary/aromatic N) is 2. The monoisotopic (exact) mass is 458 g/mol. The summed E-state index contributed by atoms with van der Waals surface area (Å²) in [7, 11) is 0. The second-order valence-electron chi connectivity index (χ2n) is 9.14. The summed E-state index contributed by atoms with van der Waals surface area (Å²) in [6.45, 7) is 1.13. The number of piperazine rings is 1. The molecule has 3 aliphatic rings. The summed E-state index contributed by atoms with van der Waals surface area (Å²) >= 11 is 0. The molecule has 33 heavy (non-hydrogen) atoms. The normalized spacial score (nSPS) is 24.2. The number of halogens is 1. The molecule has 1 aromatic carbocycles. The van der Waals surface area contributed by atoms with Gasteiger partial charge in [0.2, 0.25) is 17.7 Å². The van der Waals surface area contributed by atoms with E-state index in [2.05, 4.69) is 10.6 Å². The van der Waals surface area contributed by atoms with Gasteiger partial charge in [-0.25, -0.2) is 4.39 Å². The molecule has 4 amide bonds. The highest BCUT2D eigenvalue weighted by Crippen LogP contribution is 2.27. The molecule has 0 unspecified atom stereocenters. The highest BCUT2D eigenvalue weighted by molar-refractivity contribution is 5.99. The van der Waals surface area contributed by atoms with E-state index in [1.807, 2.05) is 0 Å². The van der Waals surface area contributed by atoms with Crippen molar-refractivity contribution in [3.63, 3.8) is 0 Å². The van der Waals surface area contributed by atoms with Crippen LogP contribution in [0.4, 0.5) is 4.39 Å². The summed E-state index contributed by atoms with van der Waals surface area (Å²) in [6, 6.07) is 3.74. The van der Waals surface area contributed by atoms with Crippen LogP contribution in [0, 0.1) is 11.7 Å². The molecular formula is C24H31FN4O4. The number of nitrogens with one attached hydrogen (secondary N) is 2. The lowest BCUT2D eigenvalue weighted by molar-refractivity contribution is -0.142. The van der Waals surface area contributed by atoms with Crippen LogP contribution in [-0.2, 0) is 14.4 Å². The number of benzene rings is 1. The third kappa shape index (κ3) is 5.34. The van der Waals surface area contributed by atoms with E-state index in [0.717, 1.165) is 44.6 Å². The van der Waals surface area contributed by atoms with Gasteiger partial charge in [0.05, 0.1) is 6.54 Å². The molecule has 1 aromatic rings. The highest BCUT2D eigenvalue weighted by Gasteiger charge is 2.40. The average Bonchev–Trinajstić information content (AvgIpc) is 2.84. The summed E-state index contributed by atoms with van der Waals surface area (Å²) < 4.78 is 13.7. The average molecular weight is 459 g/mol. The SMILES string of the molecule is O=C1NCCC[C@H]1NC(=O)[C@@H]1CN(C(=O)C2CCCCC2)CCN1C(=O)c1cccc(F)c1. The molecule has 0 radical (unpaired) electrons. The van der Waals surface area contributed by atoms with Crippen molar-refractivity contribution in [2.75, 3.05) is 26.2 Å². The first-order valence-corrected chi connectivity index (χ1v) is 11.9. The Labute approximate surface area is 192 Å². The molecule has 2 heterocycles. The van der Waals surface area contributed by atoms with Crippen LogP contribution in [-0.4, -0.2) is 71.7 Å². The first kappa shape index (κ1) is 23.2. The molecule has 0 spiro atoms. The van der Waals surface area contributed by atoms with E-state index in [1.165, 1.54) is 23.1 Å². The molecule has 2 saturated heterocycles. The van der Waals surface area contributed by atoms with Crippen molar-refractivity contribution in [1.29, 1.82) is 0 Å². The fourth-order valence-electron chi connectivity index (χ4n) is 5.02. The predicted molar refractivity (Wildman–Crippen MR) is 119 cm³/mol. The van der Waals surface area contributed by atoms with Gasteiger partial charge in [0, 0.05) is 31.1 Å². The molecule has 8 nitrogen and oxygen atoms in total. The van der Waals surface area contributed by atoms with E-state index in [4.69, 9.17) is 0 Å². The van der Waals surface area contributed by atoms with Crippen LogP contribution in [0.1, 0.15) is 55.3 Å². The predicted octanol–water partition coefficient (Wildman–Crippen LogP) is 1.45. The molecule has 178 valence electrons. The molecule has 0 bridgehead atoms. The maximum absolute atomic E-state index is 13.7. The summed E-state index contributed by atoms with van der Waals surface area (Å²) in [6.07, 6.45) is 6.14. The van der Waals surface area contributed by atoms with Gasteiger partial charge in [0.1, 0.15) is 17.9 Å². The Morgan fingerprint density at radius 1 is 1.03 bits per heavy atom. The number of amides is 4. The van der Waals surface area contributed by atoms with Crippen LogP contribution < -0.4 is 10.6 Å². The van der Waals surface area contributed by atoms with Crippen molar-refractivity contribution in [2.45, 2.75) is 57.0 Å². The number of hydrogen-bond donors (Lipinski definition) is 2. The van der Waals surface area contributed by atoms with E-state index >= 15 is 0 Å². The van der Waals surface area contributed by atoms with Gasteiger partial charge in [-0.15, -0.1) is 0 Å². The minimum absolute atomic E-state index is 0.0285. The Morgan fingerprint density at radius 3 is 2.55 bits per heavy atom. The minimum atomic E-state index is -0.947. The van der Waals surface area contributed by atoms with Gasteiger partial charge in [-0.3, -0.25) is 19.2 Å². The summed E-state index contributed by atoms with van der Waals surface area (Å²) in [5, 5.41) is 5.50. The highest BCUT2D eigenvalue weighted by atomic mass is 19.1. The van der Waals surface area contributed by atoms with E-state index in [1.54, 1.807) is 4.90 Å². The Hall–Kier alpha value is -2.97. The molecule has 2 aliphatic heterocycles. The quantitative estimate of drug-likeness (QED) is 0.714. The third-order valence-electron chi connectivity index (χ3n) is 6.88. The molecule has 1 aliphatic carbocycles. The summed E-state index contributed by atoms with van der Waals surface area (Å²) in [5.41, 5.74) is 0.148. The second kappa shape index (κ2) is 10.3. The van der Waals surface area contributed by atoms with Crippen molar-refractivity contribution < 1.29 is 23.6 Å². The van der Waals surface area contributed by atoms with Crippen molar-refractivity contribution in [1.82, 2.24) is 20.4 Å².